The number of nitrogens with two attached hydrogens (primary N) is 1. The van der Waals surface area contributed by atoms with Crippen molar-refractivity contribution in [3.8, 4) is 5.69 Å². The first kappa shape index (κ1) is 14.7. The van der Waals surface area contributed by atoms with Gasteiger partial charge in [-0.05, 0) is 56.5 Å². The van der Waals surface area contributed by atoms with Crippen molar-refractivity contribution < 1.29 is 4.79 Å². The van der Waals surface area contributed by atoms with E-state index in [2.05, 4.69) is 17.0 Å². The van der Waals surface area contributed by atoms with Gasteiger partial charge in [0.05, 0.1) is 5.69 Å². The molecule has 1 saturated heterocycles. The Balaban J connectivity index is 1.84. The molecule has 116 valence electrons. The van der Waals surface area contributed by atoms with E-state index in [0.717, 1.165) is 24.2 Å². The van der Waals surface area contributed by atoms with Gasteiger partial charge in [0.1, 0.15) is 12.7 Å². The van der Waals surface area contributed by atoms with E-state index in [1.54, 1.807) is 11.0 Å². The van der Waals surface area contributed by atoms with Crippen molar-refractivity contribution in [2.24, 2.45) is 11.7 Å². The van der Waals surface area contributed by atoms with Crippen molar-refractivity contribution in [2.75, 3.05) is 13.1 Å². The average Bonchev–Trinajstić information content (AvgIpc) is 3.15. The summed E-state index contributed by atoms with van der Waals surface area (Å²) in [6.07, 6.45) is 4.13. The average molecular weight is 299 g/mol. The molecule has 2 N–H and O–H groups in total. The van der Waals surface area contributed by atoms with Gasteiger partial charge in [-0.3, -0.25) is 4.79 Å². The molecule has 2 aromatic rings. The molecular weight excluding hydrogens is 278 g/mol. The zero-order valence-corrected chi connectivity index (χ0v) is 12.9. The fourth-order valence-corrected chi connectivity index (χ4v) is 3.14. The lowest BCUT2D eigenvalue weighted by Crippen LogP contribution is -2.34. The first-order valence-corrected chi connectivity index (χ1v) is 7.57. The standard InChI is InChI=1S/C16H21N5O/c1-11-5-14(3-4-15(11)21-10-18-9-19-21)16(22)20-8-13(7-17)6-12(20)2/h3-5,9-10,12-13H,6-8,17H2,1-2H3. The van der Waals surface area contributed by atoms with E-state index in [4.69, 9.17) is 5.73 Å². The van der Waals surface area contributed by atoms with Crippen molar-refractivity contribution in [1.29, 1.82) is 0 Å². The summed E-state index contributed by atoms with van der Waals surface area (Å²) in [7, 11) is 0. The highest BCUT2D eigenvalue weighted by Crippen LogP contribution is 2.25. The molecule has 0 bridgehead atoms. The molecule has 2 heterocycles. The molecule has 3 rings (SSSR count). The van der Waals surface area contributed by atoms with E-state index in [9.17, 15) is 4.79 Å². The van der Waals surface area contributed by atoms with Gasteiger partial charge in [-0.15, -0.1) is 0 Å². The van der Waals surface area contributed by atoms with Gasteiger partial charge in [0.25, 0.3) is 5.91 Å². The van der Waals surface area contributed by atoms with E-state index in [1.807, 2.05) is 30.0 Å². The fraction of sp³-hybridized carbons (Fsp3) is 0.438. The van der Waals surface area contributed by atoms with Crippen LogP contribution in [0, 0.1) is 12.8 Å². The molecule has 0 saturated carbocycles. The van der Waals surface area contributed by atoms with Crippen LogP contribution in [0.15, 0.2) is 30.9 Å². The second-order valence-electron chi connectivity index (χ2n) is 5.99. The monoisotopic (exact) mass is 299 g/mol. The molecule has 1 aliphatic rings. The zero-order valence-electron chi connectivity index (χ0n) is 12.9. The number of carbonyl (C=O) groups is 1. The highest BCUT2D eigenvalue weighted by atomic mass is 16.2. The van der Waals surface area contributed by atoms with Crippen LogP contribution in [0.2, 0.25) is 0 Å². The van der Waals surface area contributed by atoms with E-state index in [0.29, 0.717) is 18.0 Å². The first-order valence-electron chi connectivity index (χ1n) is 7.57. The van der Waals surface area contributed by atoms with Crippen LogP contribution in [-0.2, 0) is 0 Å². The number of nitrogens with zero attached hydrogens (tertiary/aromatic N) is 4. The van der Waals surface area contributed by atoms with Gasteiger partial charge in [0.15, 0.2) is 0 Å². The summed E-state index contributed by atoms with van der Waals surface area (Å²) >= 11 is 0. The molecule has 2 atom stereocenters. The summed E-state index contributed by atoms with van der Waals surface area (Å²) < 4.78 is 1.70. The van der Waals surface area contributed by atoms with E-state index >= 15 is 0 Å². The molecule has 1 aromatic carbocycles. The molecule has 0 spiro atoms. The van der Waals surface area contributed by atoms with Gasteiger partial charge < -0.3 is 10.6 Å². The number of likely N-dealkylation sites (tertiary alicyclic amines) is 1. The third-order valence-electron chi connectivity index (χ3n) is 4.36. The maximum absolute atomic E-state index is 12.7. The van der Waals surface area contributed by atoms with Crippen molar-refractivity contribution in [1.82, 2.24) is 19.7 Å². The summed E-state index contributed by atoms with van der Waals surface area (Å²) in [5.41, 5.74) is 8.39. The van der Waals surface area contributed by atoms with E-state index < -0.39 is 0 Å². The second-order valence-corrected chi connectivity index (χ2v) is 5.99. The lowest BCUT2D eigenvalue weighted by Gasteiger charge is -2.22. The Labute approximate surface area is 129 Å². The largest absolute Gasteiger partial charge is 0.336 e. The summed E-state index contributed by atoms with van der Waals surface area (Å²) in [5, 5.41) is 4.13. The van der Waals surface area contributed by atoms with Gasteiger partial charge in [-0.1, -0.05) is 0 Å². The molecule has 1 aliphatic heterocycles. The maximum Gasteiger partial charge on any atom is 0.254 e. The zero-order chi connectivity index (χ0) is 15.7. The minimum Gasteiger partial charge on any atom is -0.336 e. The van der Waals surface area contributed by atoms with Crippen LogP contribution in [-0.4, -0.2) is 44.7 Å². The second kappa shape index (κ2) is 5.88. The number of rotatable bonds is 3. The Bertz CT molecular complexity index is 667. The lowest BCUT2D eigenvalue weighted by molar-refractivity contribution is 0.0743. The van der Waals surface area contributed by atoms with Crippen LogP contribution >= 0.6 is 0 Å². The maximum atomic E-state index is 12.7. The predicted molar refractivity (Wildman–Crippen MR) is 83.8 cm³/mol. The van der Waals surface area contributed by atoms with Crippen LogP contribution in [0.25, 0.3) is 5.69 Å². The van der Waals surface area contributed by atoms with Crippen molar-refractivity contribution in [3.05, 3.63) is 42.0 Å². The number of benzene rings is 1. The van der Waals surface area contributed by atoms with E-state index in [-0.39, 0.29) is 11.9 Å². The molecule has 1 aromatic heterocycles. The molecule has 6 heteroatoms. The fourth-order valence-electron chi connectivity index (χ4n) is 3.14. The molecule has 1 fully saturated rings. The lowest BCUT2D eigenvalue weighted by atomic mass is 10.1. The Kier molecular flexibility index (Phi) is 3.94. The quantitative estimate of drug-likeness (QED) is 0.929. The van der Waals surface area contributed by atoms with Gasteiger partial charge in [0.2, 0.25) is 0 Å². The summed E-state index contributed by atoms with van der Waals surface area (Å²) in [6.45, 7) is 5.45. The Hall–Kier alpha value is -2.21. The molecule has 1 amide bonds. The SMILES string of the molecule is Cc1cc(C(=O)N2CC(CN)CC2C)ccc1-n1cncn1. The van der Waals surface area contributed by atoms with Crippen molar-refractivity contribution >= 4 is 5.91 Å². The number of carbonyl (C=O) groups excluding carboxylic acids is 1. The van der Waals surface area contributed by atoms with Crippen molar-refractivity contribution in [2.45, 2.75) is 26.3 Å². The third kappa shape index (κ3) is 2.62. The Morgan fingerprint density at radius 1 is 1.45 bits per heavy atom. The van der Waals surface area contributed by atoms with Gasteiger partial charge in [-0.25, -0.2) is 9.67 Å². The minimum absolute atomic E-state index is 0.0803. The number of hydrogen-bond acceptors (Lipinski definition) is 4. The van der Waals surface area contributed by atoms with E-state index in [1.165, 1.54) is 6.33 Å². The van der Waals surface area contributed by atoms with Crippen LogP contribution < -0.4 is 5.73 Å². The molecular formula is C16H21N5O. The Morgan fingerprint density at radius 3 is 2.86 bits per heavy atom. The van der Waals surface area contributed by atoms with Gasteiger partial charge in [0, 0.05) is 18.2 Å². The summed E-state index contributed by atoms with van der Waals surface area (Å²) in [6, 6.07) is 5.94. The van der Waals surface area contributed by atoms with Crippen LogP contribution in [0.1, 0.15) is 29.3 Å². The number of hydrogen-bond donors (Lipinski definition) is 1. The summed E-state index contributed by atoms with van der Waals surface area (Å²) in [4.78, 5) is 18.6. The number of aryl methyl sites for hydroxylation is 1. The van der Waals surface area contributed by atoms with Gasteiger partial charge >= 0.3 is 0 Å². The predicted octanol–water partition coefficient (Wildman–Crippen LogP) is 1.39. The van der Waals surface area contributed by atoms with Gasteiger partial charge in [-0.2, -0.15) is 5.10 Å². The molecule has 6 nitrogen and oxygen atoms in total. The van der Waals surface area contributed by atoms with Crippen LogP contribution in [0.3, 0.4) is 0 Å². The van der Waals surface area contributed by atoms with Crippen LogP contribution in [0.5, 0.6) is 0 Å². The molecule has 22 heavy (non-hydrogen) atoms. The highest BCUT2D eigenvalue weighted by Gasteiger charge is 2.32. The third-order valence-corrected chi connectivity index (χ3v) is 4.36. The Morgan fingerprint density at radius 2 is 2.27 bits per heavy atom. The number of amides is 1. The highest BCUT2D eigenvalue weighted by molar-refractivity contribution is 5.95. The minimum atomic E-state index is 0.0803. The van der Waals surface area contributed by atoms with Crippen LogP contribution in [0.4, 0.5) is 0 Å². The van der Waals surface area contributed by atoms with Crippen molar-refractivity contribution in [3.63, 3.8) is 0 Å². The molecule has 2 unspecified atom stereocenters. The molecule has 0 aliphatic carbocycles. The smallest absolute Gasteiger partial charge is 0.254 e. The first-order chi connectivity index (χ1) is 10.6. The normalized spacial score (nSPS) is 21.3. The molecule has 0 radical (unpaired) electrons. The summed E-state index contributed by atoms with van der Waals surface area (Å²) in [5.74, 6) is 0.492. The topological polar surface area (TPSA) is 77.0 Å². The number of aromatic nitrogens is 3.